The quantitative estimate of drug-likeness (QED) is 0.592. The summed E-state index contributed by atoms with van der Waals surface area (Å²) < 4.78 is 5.83. The Morgan fingerprint density at radius 3 is 2.55 bits per heavy atom. The fourth-order valence-corrected chi connectivity index (χ4v) is 2.08. The van der Waals surface area contributed by atoms with Crippen LogP contribution in [0.25, 0.3) is 11.3 Å². The van der Waals surface area contributed by atoms with E-state index < -0.39 is 0 Å². The van der Waals surface area contributed by atoms with Gasteiger partial charge in [0.05, 0.1) is 6.10 Å². The number of benzene rings is 1. The van der Waals surface area contributed by atoms with Crippen LogP contribution in [-0.2, 0) is 6.54 Å². The van der Waals surface area contributed by atoms with E-state index in [0.717, 1.165) is 43.3 Å². The third-order valence-electron chi connectivity index (χ3n) is 3.15. The highest BCUT2D eigenvalue weighted by Crippen LogP contribution is 2.20. The molecule has 0 bridgehead atoms. The number of quaternary nitrogens is 2. The molecule has 0 aliphatic carbocycles. The third-order valence-corrected chi connectivity index (χ3v) is 3.15. The molecule has 1 heterocycles. The summed E-state index contributed by atoms with van der Waals surface area (Å²) in [6.07, 6.45) is -0.228. The van der Waals surface area contributed by atoms with Crippen LogP contribution in [0.5, 0.6) is 0 Å². The van der Waals surface area contributed by atoms with E-state index in [2.05, 4.69) is 22.8 Å². The Morgan fingerprint density at radius 2 is 1.80 bits per heavy atom. The summed E-state index contributed by atoms with van der Waals surface area (Å²) in [4.78, 5) is 0. The van der Waals surface area contributed by atoms with Gasteiger partial charge >= 0.3 is 0 Å². The molecule has 4 heteroatoms. The fraction of sp³-hybridized carbons (Fsp3) is 0.375. The maximum absolute atomic E-state index is 9.14. The SMILES string of the molecule is C[C@H](O)C[NH2+]CC[NH2+]Cc1ccc(-c2ccccc2)o1. The van der Waals surface area contributed by atoms with E-state index in [-0.39, 0.29) is 6.10 Å². The molecule has 1 atom stereocenters. The van der Waals surface area contributed by atoms with Crippen molar-refractivity contribution < 1.29 is 20.2 Å². The second-order valence-corrected chi connectivity index (χ2v) is 5.08. The molecule has 5 N–H and O–H groups in total. The lowest BCUT2D eigenvalue weighted by Gasteiger charge is -2.03. The molecule has 0 spiro atoms. The van der Waals surface area contributed by atoms with Gasteiger partial charge in [0.2, 0.25) is 0 Å². The zero-order chi connectivity index (χ0) is 14.2. The van der Waals surface area contributed by atoms with Crippen molar-refractivity contribution in [3.05, 3.63) is 48.2 Å². The van der Waals surface area contributed by atoms with E-state index in [0.29, 0.717) is 0 Å². The molecule has 1 aromatic heterocycles. The van der Waals surface area contributed by atoms with Gasteiger partial charge in [-0.05, 0) is 19.1 Å². The first-order valence-electron chi connectivity index (χ1n) is 7.21. The minimum atomic E-state index is -0.228. The topological polar surface area (TPSA) is 66.6 Å². The normalized spacial score (nSPS) is 12.5. The Bertz CT molecular complexity index is 494. The lowest BCUT2D eigenvalue weighted by molar-refractivity contribution is -0.733. The standard InChI is InChI=1S/C16H22N2O2/c1-13(19)11-17-9-10-18-12-15-7-8-16(20-15)14-5-3-2-4-6-14/h2-8,13,17-19H,9-12H2,1H3/p+2/t13-/m0/s1. The van der Waals surface area contributed by atoms with Crippen LogP contribution in [0.15, 0.2) is 46.9 Å². The molecule has 0 aliphatic rings. The van der Waals surface area contributed by atoms with E-state index in [1.165, 1.54) is 0 Å². The van der Waals surface area contributed by atoms with Gasteiger partial charge in [-0.25, -0.2) is 0 Å². The first kappa shape index (κ1) is 14.8. The van der Waals surface area contributed by atoms with Crippen molar-refractivity contribution in [1.29, 1.82) is 0 Å². The number of aliphatic hydroxyl groups is 1. The van der Waals surface area contributed by atoms with Gasteiger partial charge in [0.1, 0.15) is 31.9 Å². The lowest BCUT2D eigenvalue weighted by Crippen LogP contribution is -2.95. The summed E-state index contributed by atoms with van der Waals surface area (Å²) in [6.45, 7) is 5.47. The molecule has 0 saturated heterocycles. The highest BCUT2D eigenvalue weighted by Gasteiger charge is 2.05. The molecule has 2 aromatic rings. The maximum atomic E-state index is 9.14. The Morgan fingerprint density at radius 1 is 1.05 bits per heavy atom. The summed E-state index contributed by atoms with van der Waals surface area (Å²) in [6, 6.07) is 14.2. The first-order valence-corrected chi connectivity index (χ1v) is 7.21. The van der Waals surface area contributed by atoms with Crippen LogP contribution in [0.2, 0.25) is 0 Å². The number of aliphatic hydroxyl groups excluding tert-OH is 1. The molecule has 0 amide bonds. The number of hydrogen-bond donors (Lipinski definition) is 3. The zero-order valence-corrected chi connectivity index (χ0v) is 12.0. The van der Waals surface area contributed by atoms with E-state index in [1.54, 1.807) is 0 Å². The van der Waals surface area contributed by atoms with Crippen LogP contribution in [0.1, 0.15) is 12.7 Å². The smallest absolute Gasteiger partial charge is 0.158 e. The van der Waals surface area contributed by atoms with E-state index in [4.69, 9.17) is 9.52 Å². The van der Waals surface area contributed by atoms with Crippen LogP contribution in [0.4, 0.5) is 0 Å². The monoisotopic (exact) mass is 276 g/mol. The number of hydrogen-bond acceptors (Lipinski definition) is 2. The molecule has 0 unspecified atom stereocenters. The van der Waals surface area contributed by atoms with E-state index in [9.17, 15) is 0 Å². The molecule has 108 valence electrons. The van der Waals surface area contributed by atoms with Gasteiger partial charge in [-0.15, -0.1) is 0 Å². The van der Waals surface area contributed by atoms with E-state index >= 15 is 0 Å². The Hall–Kier alpha value is -1.62. The number of rotatable bonds is 8. The van der Waals surface area contributed by atoms with Gasteiger partial charge < -0.3 is 20.2 Å². The average molecular weight is 276 g/mol. The molecule has 0 radical (unpaired) electrons. The second-order valence-electron chi connectivity index (χ2n) is 5.08. The van der Waals surface area contributed by atoms with Gasteiger partial charge in [0.15, 0.2) is 5.76 Å². The zero-order valence-electron chi connectivity index (χ0n) is 12.0. The Labute approximate surface area is 119 Å². The first-order chi connectivity index (χ1) is 9.75. The summed E-state index contributed by atoms with van der Waals surface area (Å²) in [7, 11) is 0. The predicted octanol–water partition coefficient (Wildman–Crippen LogP) is -0.0458. The van der Waals surface area contributed by atoms with Crippen molar-refractivity contribution in [3.63, 3.8) is 0 Å². The summed E-state index contributed by atoms with van der Waals surface area (Å²) in [5.41, 5.74) is 1.11. The lowest BCUT2D eigenvalue weighted by atomic mass is 10.2. The van der Waals surface area contributed by atoms with Gasteiger partial charge in [0.25, 0.3) is 0 Å². The summed E-state index contributed by atoms with van der Waals surface area (Å²) in [5, 5.41) is 13.5. The number of nitrogens with two attached hydrogens (primary N) is 2. The van der Waals surface area contributed by atoms with Gasteiger partial charge in [0, 0.05) is 5.56 Å². The van der Waals surface area contributed by atoms with Gasteiger partial charge in [-0.2, -0.15) is 0 Å². The van der Waals surface area contributed by atoms with Crippen molar-refractivity contribution in [2.45, 2.75) is 19.6 Å². The molecular weight excluding hydrogens is 252 g/mol. The van der Waals surface area contributed by atoms with Gasteiger partial charge in [-0.1, -0.05) is 30.3 Å². The predicted molar refractivity (Wildman–Crippen MR) is 78.0 cm³/mol. The average Bonchev–Trinajstić information content (AvgIpc) is 2.92. The molecule has 2 rings (SSSR count). The summed E-state index contributed by atoms with van der Waals surface area (Å²) >= 11 is 0. The molecule has 1 aromatic carbocycles. The Balaban J connectivity index is 1.71. The molecule has 4 nitrogen and oxygen atoms in total. The van der Waals surface area contributed by atoms with Crippen molar-refractivity contribution in [2.24, 2.45) is 0 Å². The van der Waals surface area contributed by atoms with Crippen LogP contribution < -0.4 is 10.6 Å². The molecular formula is C16H24N2O2+2. The van der Waals surface area contributed by atoms with Crippen molar-refractivity contribution in [1.82, 2.24) is 0 Å². The Kier molecular flexibility index (Phi) is 5.80. The second kappa shape index (κ2) is 7.85. The third kappa shape index (κ3) is 4.81. The van der Waals surface area contributed by atoms with Crippen LogP contribution in [0, 0.1) is 0 Å². The molecule has 20 heavy (non-hydrogen) atoms. The number of furan rings is 1. The van der Waals surface area contributed by atoms with Crippen molar-refractivity contribution in [3.8, 4) is 11.3 Å². The fourth-order valence-electron chi connectivity index (χ4n) is 2.08. The van der Waals surface area contributed by atoms with Crippen molar-refractivity contribution >= 4 is 0 Å². The molecule has 0 aliphatic heterocycles. The highest BCUT2D eigenvalue weighted by molar-refractivity contribution is 5.57. The summed E-state index contributed by atoms with van der Waals surface area (Å²) in [5.74, 6) is 1.93. The van der Waals surface area contributed by atoms with E-state index in [1.807, 2.05) is 37.3 Å². The van der Waals surface area contributed by atoms with Gasteiger partial charge in [-0.3, -0.25) is 0 Å². The van der Waals surface area contributed by atoms with Crippen LogP contribution in [0.3, 0.4) is 0 Å². The minimum Gasteiger partial charge on any atom is -0.455 e. The maximum Gasteiger partial charge on any atom is 0.158 e. The van der Waals surface area contributed by atoms with Crippen LogP contribution >= 0.6 is 0 Å². The minimum absolute atomic E-state index is 0.228. The molecule has 0 fully saturated rings. The largest absolute Gasteiger partial charge is 0.455 e. The molecule has 0 saturated carbocycles. The van der Waals surface area contributed by atoms with Crippen LogP contribution in [-0.4, -0.2) is 30.8 Å². The highest BCUT2D eigenvalue weighted by atomic mass is 16.3. The van der Waals surface area contributed by atoms with Crippen molar-refractivity contribution in [2.75, 3.05) is 19.6 Å².